The lowest BCUT2D eigenvalue weighted by Gasteiger charge is -2.35. The lowest BCUT2D eigenvalue weighted by Crippen LogP contribution is -2.56. The number of diazo groups is 12. The van der Waals surface area contributed by atoms with Gasteiger partial charge in [-0.25, -0.2) is 0 Å². The lowest BCUT2D eigenvalue weighted by molar-refractivity contribution is -0.481. The predicted molar refractivity (Wildman–Crippen MR) is 513 cm³/mol. The molecule has 720 valence electrons. The molecule has 0 unspecified atom stereocenters. The summed E-state index contributed by atoms with van der Waals surface area (Å²) in [6.45, 7) is 0. The summed E-state index contributed by atoms with van der Waals surface area (Å²) in [5.41, 5.74) is 17.0. The molecule has 60 nitrogen and oxygen atoms in total. The number of hydrogen-bond acceptors (Lipinski definition) is 36. The van der Waals surface area contributed by atoms with Crippen molar-refractivity contribution in [3.05, 3.63) is 352 Å². The largest absolute Gasteiger partial charge is 0.907 e. The van der Waals surface area contributed by atoms with Crippen molar-refractivity contribution in [1.82, 2.24) is 122 Å². The summed E-state index contributed by atoms with van der Waals surface area (Å²) in [7, 11) is -11.7. The van der Waals surface area contributed by atoms with Gasteiger partial charge in [0, 0.05) is 72.8 Å². The first kappa shape index (κ1) is 109. The first-order valence-electron chi connectivity index (χ1n) is 41.1. The van der Waals surface area contributed by atoms with E-state index in [1.165, 1.54) is 0 Å². The molecule has 0 fully saturated rings. The molecule has 0 atom stereocenters. The van der Waals surface area contributed by atoms with Gasteiger partial charge in [0.05, 0.1) is 141 Å². The van der Waals surface area contributed by atoms with Crippen LogP contribution in [0.15, 0.2) is 293 Å². The topological polar surface area (TPSA) is 959 Å². The van der Waals surface area contributed by atoms with Gasteiger partial charge in [-0.1, -0.05) is 72.8 Å². The highest BCUT2D eigenvalue weighted by Gasteiger charge is 2.20. The average Bonchev–Trinajstić information content (AvgIpc) is 1.78. The molecule has 0 saturated heterocycles. The maximum Gasteiger partial charge on any atom is 0.395 e. The standard InChI is InChI=1S/12C7H5N4.4BO3/c12*8-10-6-2-1-3-7-5(6)4-9-11-7;4*2-1(3)4/h12*1-4H,(H,9,11);;;;/q12*+1;4*-3. The summed E-state index contributed by atoms with van der Waals surface area (Å²) in [6, 6.07) is 64.7. The van der Waals surface area contributed by atoms with Crippen LogP contribution >= 0.6 is 0 Å². The van der Waals surface area contributed by atoms with Crippen LogP contribution < -0.4 is 60.3 Å². The third-order valence-electron chi connectivity index (χ3n) is 18.8. The van der Waals surface area contributed by atoms with E-state index in [0.717, 1.165) is 131 Å². The molecule has 148 heavy (non-hydrogen) atoms. The van der Waals surface area contributed by atoms with Crippen molar-refractivity contribution in [2.75, 3.05) is 0 Å². The number of nitrogens with one attached hydrogen (secondary N) is 12. The Morgan fingerprint density at radius 2 is 0.203 bits per heavy atom. The van der Waals surface area contributed by atoms with E-state index in [1.54, 1.807) is 220 Å². The zero-order valence-electron chi connectivity index (χ0n) is 75.0. The van der Waals surface area contributed by atoms with Crippen molar-refractivity contribution in [3.8, 4) is 0 Å². The van der Waals surface area contributed by atoms with E-state index >= 15 is 0 Å². The fourth-order valence-electron chi connectivity index (χ4n) is 12.5. The molecule has 0 saturated carbocycles. The molecular weight excluding hydrogens is 1920 g/mol. The Kier molecular flexibility index (Phi) is 42.1. The number of nitrogens with zero attached hydrogens (tertiary/aromatic N) is 36. The Balaban J connectivity index is 0.000000177. The van der Waals surface area contributed by atoms with Gasteiger partial charge in [0.2, 0.25) is 64.7 Å². The molecule has 24 aromatic rings. The van der Waals surface area contributed by atoms with Crippen LogP contribution in [0.1, 0.15) is 0 Å². The van der Waals surface area contributed by atoms with Gasteiger partial charge in [0.25, 0.3) is 0 Å². The molecule has 0 spiro atoms. The molecule has 0 amide bonds. The number of H-pyrrole nitrogens is 12. The Labute approximate surface area is 824 Å². The maximum atomic E-state index is 8.54. The van der Waals surface area contributed by atoms with Gasteiger partial charge in [-0.3, -0.25) is 90.5 Å². The van der Waals surface area contributed by atoms with E-state index in [-0.39, 0.29) is 0 Å². The molecule has 0 radical (unpaired) electrons. The summed E-state index contributed by atoms with van der Waals surface area (Å²) >= 11 is 0. The first-order chi connectivity index (χ1) is 71.9. The van der Waals surface area contributed by atoms with Gasteiger partial charge in [-0.2, -0.15) is 61.2 Å². The van der Waals surface area contributed by atoms with Crippen LogP contribution in [-0.2, 0) is 0 Å². The number of hydrogen-bond donors (Lipinski definition) is 12. The third-order valence-corrected chi connectivity index (χ3v) is 18.8. The van der Waals surface area contributed by atoms with Gasteiger partial charge in [0.1, 0.15) is 64.6 Å². The number of aromatic amines is 12. The van der Waals surface area contributed by atoms with E-state index in [2.05, 4.69) is 182 Å². The van der Waals surface area contributed by atoms with Crippen molar-refractivity contribution < 1.29 is 60.3 Å². The molecule has 12 aromatic carbocycles. The monoisotopic (exact) mass is 1980 g/mol. The second kappa shape index (κ2) is 57.3. The minimum atomic E-state index is -2.92. The number of rotatable bonds is 0. The number of fused-ring (bicyclic) bond motifs is 12. The maximum absolute atomic E-state index is 8.54. The van der Waals surface area contributed by atoms with Crippen LogP contribution in [0, 0.1) is 64.7 Å². The van der Waals surface area contributed by atoms with E-state index < -0.39 is 29.3 Å². The summed E-state index contributed by atoms with van der Waals surface area (Å²) in [5.74, 6) is 0. The molecule has 24 rings (SSSR count). The average molecular weight is 1980 g/mol. The van der Waals surface area contributed by atoms with E-state index in [4.69, 9.17) is 125 Å². The molecule has 0 bridgehead atoms. The van der Waals surface area contributed by atoms with Crippen molar-refractivity contribution in [2.24, 2.45) is 0 Å². The second-order valence-corrected chi connectivity index (χ2v) is 27.7. The van der Waals surface area contributed by atoms with Gasteiger partial charge in [-0.15, -0.1) is 0 Å². The van der Waals surface area contributed by atoms with Crippen molar-refractivity contribution in [3.63, 3.8) is 0 Å². The Morgan fingerprint density at radius 3 is 0.264 bits per heavy atom. The minimum absolute atomic E-state index is 0.538. The fraction of sp³-hybridized carbons (Fsp3) is 0. The van der Waals surface area contributed by atoms with Gasteiger partial charge >= 0.3 is 68.2 Å². The summed E-state index contributed by atoms with van der Waals surface area (Å²) in [4.78, 5) is 37.3. The Hall–Kier alpha value is -22.9. The van der Waals surface area contributed by atoms with Crippen LogP contribution in [0.25, 0.3) is 191 Å². The van der Waals surface area contributed by atoms with Crippen LogP contribution in [0.5, 0.6) is 0 Å². The minimum Gasteiger partial charge on any atom is -0.907 e. The zero-order valence-corrected chi connectivity index (χ0v) is 75.0. The SMILES string of the molecule is N#[N+]c1cccc2[nH]ncc12.N#[N+]c1cccc2[nH]ncc12.N#[N+]c1cccc2[nH]ncc12.N#[N+]c1cccc2[nH]ncc12.N#[N+]c1cccc2[nH]ncc12.N#[N+]c1cccc2[nH]ncc12.N#[N+]c1cccc2[nH]ncc12.N#[N+]c1cccc2[nH]ncc12.N#[N+]c1cccc2[nH]ncc12.N#[N+]c1cccc2[nH]ncc12.N#[N+]c1cccc2[nH]ncc12.N#[N+]c1cccc2[nH]ncc12.[O-]B([O-])[O-].[O-]B([O-])[O-].[O-]B([O-])[O-].[O-]B([O-])[O-]. The summed E-state index contributed by atoms with van der Waals surface area (Å²) in [6.07, 6.45) is 19.6. The Bertz CT molecular complexity index is 7180. The van der Waals surface area contributed by atoms with Crippen molar-refractivity contribution in [1.29, 1.82) is 64.7 Å². The molecule has 12 aromatic heterocycles. The third kappa shape index (κ3) is 31.6. The van der Waals surface area contributed by atoms with Gasteiger partial charge < -0.3 is 60.3 Å². The Morgan fingerprint density at radius 1 is 0.135 bits per heavy atom. The highest BCUT2D eigenvalue weighted by Crippen LogP contribution is 2.33. The van der Waals surface area contributed by atoms with E-state index in [9.17, 15) is 0 Å². The smallest absolute Gasteiger partial charge is 0.395 e. The summed E-state index contributed by atoms with van der Waals surface area (Å²) < 4.78 is 0. The van der Waals surface area contributed by atoms with Crippen LogP contribution in [0.3, 0.4) is 0 Å². The molecule has 12 heterocycles. The predicted octanol–water partition coefficient (Wildman–Crippen LogP) is 8.78. The van der Waals surface area contributed by atoms with Crippen molar-refractivity contribution in [2.45, 2.75) is 0 Å². The van der Waals surface area contributed by atoms with Crippen molar-refractivity contribution >= 4 is 228 Å². The fourth-order valence-corrected chi connectivity index (χ4v) is 12.5. The van der Waals surface area contributed by atoms with Crippen LogP contribution in [-0.4, -0.2) is 152 Å². The molecule has 12 N–H and O–H groups in total. The van der Waals surface area contributed by atoms with E-state index in [0.29, 0.717) is 68.2 Å². The number of aromatic nitrogens is 24. The molecule has 0 aliphatic carbocycles. The quantitative estimate of drug-likeness (QED) is 0.0498. The molecule has 64 heteroatoms. The van der Waals surface area contributed by atoms with Crippen LogP contribution in [0.4, 0.5) is 68.2 Å². The lowest BCUT2D eigenvalue weighted by atomic mass is 10.2. The normalized spacial score (nSPS) is 9.41. The first-order valence-corrected chi connectivity index (χ1v) is 41.1. The second-order valence-electron chi connectivity index (χ2n) is 27.7. The van der Waals surface area contributed by atoms with Crippen LogP contribution in [0.2, 0.25) is 0 Å². The summed E-state index contributed by atoms with van der Waals surface area (Å²) in [5, 5.41) is 292. The number of benzene rings is 12. The molecule has 0 aliphatic heterocycles. The van der Waals surface area contributed by atoms with E-state index in [1.807, 2.05) is 72.8 Å². The highest BCUT2D eigenvalue weighted by atomic mass is 16.5. The molecule has 0 aliphatic rings. The highest BCUT2D eigenvalue weighted by molar-refractivity contribution is 6.24. The molecular formula is C84H60B4N48O12. The van der Waals surface area contributed by atoms with Gasteiger partial charge in [-0.05, 0) is 72.8 Å². The zero-order chi connectivity index (χ0) is 106. The van der Waals surface area contributed by atoms with Gasteiger partial charge in [0.15, 0.2) is 59.7 Å².